The Morgan fingerprint density at radius 3 is 3.00 bits per heavy atom. The molecule has 2 atom stereocenters. The maximum atomic E-state index is 12.4. The summed E-state index contributed by atoms with van der Waals surface area (Å²) in [6, 6.07) is 3.44. The highest BCUT2D eigenvalue weighted by molar-refractivity contribution is 5.94. The van der Waals surface area contributed by atoms with E-state index in [0.717, 1.165) is 5.56 Å². The van der Waals surface area contributed by atoms with E-state index in [1.807, 2.05) is 25.1 Å². The minimum Gasteiger partial charge on any atom is -0.396 e. The Labute approximate surface area is 127 Å². The number of hydrogen-bond acceptors (Lipinski definition) is 4. The molecule has 2 aromatic heterocycles. The molecule has 0 unspecified atom stereocenters. The average Bonchev–Trinajstić information content (AvgIpc) is 2.95. The number of aromatic nitrogens is 2. The number of pyridine rings is 1. The summed E-state index contributed by atoms with van der Waals surface area (Å²) in [7, 11) is 0. The van der Waals surface area contributed by atoms with Crippen LogP contribution in [0.1, 0.15) is 22.3 Å². The van der Waals surface area contributed by atoms with Gasteiger partial charge in [0.15, 0.2) is 0 Å². The Balaban J connectivity index is 1.87. The molecule has 3 rings (SSSR count). The van der Waals surface area contributed by atoms with Crippen molar-refractivity contribution in [1.82, 2.24) is 14.7 Å². The Kier molecular flexibility index (Phi) is 3.77. The van der Waals surface area contributed by atoms with Gasteiger partial charge >= 0.3 is 0 Å². The molecule has 0 spiro atoms. The van der Waals surface area contributed by atoms with Crippen LogP contribution in [0.5, 0.6) is 0 Å². The zero-order chi connectivity index (χ0) is 15.7. The van der Waals surface area contributed by atoms with Gasteiger partial charge in [-0.05, 0) is 25.0 Å². The first-order chi connectivity index (χ1) is 10.6. The molecular weight excluding hydrogens is 282 g/mol. The van der Waals surface area contributed by atoms with Gasteiger partial charge in [0.25, 0.3) is 11.5 Å². The third-order valence-electron chi connectivity index (χ3n) is 3.82. The second-order valence-corrected chi connectivity index (χ2v) is 5.55. The van der Waals surface area contributed by atoms with Gasteiger partial charge in [-0.1, -0.05) is 18.2 Å². The van der Waals surface area contributed by atoms with Crippen LogP contribution in [0.15, 0.2) is 41.5 Å². The zero-order valence-electron chi connectivity index (χ0n) is 12.2. The fraction of sp³-hybridized carbons (Fsp3) is 0.312. The Bertz CT molecular complexity index is 810. The van der Waals surface area contributed by atoms with Gasteiger partial charge in [0.05, 0.1) is 0 Å². The fourth-order valence-electron chi connectivity index (χ4n) is 2.60. The van der Waals surface area contributed by atoms with Crippen LogP contribution in [0.2, 0.25) is 0 Å². The van der Waals surface area contributed by atoms with Crippen LogP contribution in [0.3, 0.4) is 0 Å². The topological polar surface area (TPSA) is 83.7 Å². The molecule has 0 fully saturated rings. The second-order valence-electron chi connectivity index (χ2n) is 5.55. The van der Waals surface area contributed by atoms with Crippen LogP contribution < -0.4 is 10.9 Å². The molecule has 114 valence electrons. The minimum atomic E-state index is -0.443. The lowest BCUT2D eigenvalue weighted by molar-refractivity contribution is 0.0939. The molecule has 1 aliphatic carbocycles. The Morgan fingerprint density at radius 2 is 2.27 bits per heavy atom. The van der Waals surface area contributed by atoms with E-state index < -0.39 is 5.91 Å². The summed E-state index contributed by atoms with van der Waals surface area (Å²) in [6.45, 7) is 1.93. The van der Waals surface area contributed by atoms with Gasteiger partial charge in [-0.3, -0.25) is 14.0 Å². The molecule has 0 aromatic carbocycles. The van der Waals surface area contributed by atoms with E-state index in [4.69, 9.17) is 5.11 Å². The van der Waals surface area contributed by atoms with Crippen LogP contribution in [0.4, 0.5) is 0 Å². The highest BCUT2D eigenvalue weighted by atomic mass is 16.3. The van der Waals surface area contributed by atoms with E-state index in [1.165, 1.54) is 10.6 Å². The summed E-state index contributed by atoms with van der Waals surface area (Å²) in [5.74, 6) is -0.384. The lowest BCUT2D eigenvalue weighted by Crippen LogP contribution is -2.37. The van der Waals surface area contributed by atoms with Crippen LogP contribution in [-0.2, 0) is 0 Å². The molecule has 1 aliphatic rings. The molecule has 22 heavy (non-hydrogen) atoms. The number of hydrogen-bond donors (Lipinski definition) is 2. The molecule has 0 saturated carbocycles. The van der Waals surface area contributed by atoms with Crippen molar-refractivity contribution in [2.75, 3.05) is 6.61 Å². The van der Waals surface area contributed by atoms with Crippen molar-refractivity contribution in [1.29, 1.82) is 0 Å². The van der Waals surface area contributed by atoms with E-state index in [2.05, 4.69) is 10.3 Å². The smallest absolute Gasteiger partial charge is 0.270 e. The summed E-state index contributed by atoms with van der Waals surface area (Å²) in [6.07, 6.45) is 7.34. The van der Waals surface area contributed by atoms with E-state index >= 15 is 0 Å². The summed E-state index contributed by atoms with van der Waals surface area (Å²) in [5, 5.41) is 11.9. The quantitative estimate of drug-likeness (QED) is 0.816. The fourth-order valence-corrected chi connectivity index (χ4v) is 2.60. The predicted molar refractivity (Wildman–Crippen MR) is 81.8 cm³/mol. The maximum absolute atomic E-state index is 12.4. The van der Waals surface area contributed by atoms with Crippen molar-refractivity contribution < 1.29 is 9.90 Å². The molecule has 0 saturated heterocycles. The molecule has 2 N–H and O–H groups in total. The highest BCUT2D eigenvalue weighted by Crippen LogP contribution is 2.17. The van der Waals surface area contributed by atoms with Gasteiger partial charge in [-0.2, -0.15) is 0 Å². The number of aryl methyl sites for hydroxylation is 1. The standard InChI is InChI=1S/C16H17N3O3/c1-10-2-5-14-17-7-13(16(22)19(14)8-10)15(21)18-12-4-3-11(6-12)9-20/h2-5,7-8,11-12,20H,6,9H2,1H3,(H,18,21)/t11-,12+/m0/s1. The van der Waals surface area contributed by atoms with Gasteiger partial charge in [-0.25, -0.2) is 4.98 Å². The molecule has 0 bridgehead atoms. The van der Waals surface area contributed by atoms with E-state index in [0.29, 0.717) is 12.1 Å². The third kappa shape index (κ3) is 2.65. The van der Waals surface area contributed by atoms with Crippen molar-refractivity contribution in [3.8, 4) is 0 Å². The van der Waals surface area contributed by atoms with Crippen molar-refractivity contribution in [3.63, 3.8) is 0 Å². The van der Waals surface area contributed by atoms with E-state index in [9.17, 15) is 9.59 Å². The van der Waals surface area contributed by atoms with E-state index in [1.54, 1.807) is 12.3 Å². The molecule has 2 aromatic rings. The number of aliphatic hydroxyl groups excluding tert-OH is 1. The molecule has 2 heterocycles. The van der Waals surface area contributed by atoms with Crippen molar-refractivity contribution in [3.05, 3.63) is 58.2 Å². The first kappa shape index (κ1) is 14.5. The van der Waals surface area contributed by atoms with Gasteiger partial charge in [0.2, 0.25) is 0 Å². The number of carbonyl (C=O) groups is 1. The van der Waals surface area contributed by atoms with Gasteiger partial charge in [0.1, 0.15) is 11.2 Å². The van der Waals surface area contributed by atoms with Gasteiger partial charge < -0.3 is 10.4 Å². The molecule has 1 amide bonds. The minimum absolute atomic E-state index is 0.0175. The summed E-state index contributed by atoms with van der Waals surface area (Å²) in [5.41, 5.74) is 1.06. The SMILES string of the molecule is Cc1ccc2ncc(C(=O)N[C@@H]3C=C[C@H](CO)C3)c(=O)n2c1. The monoisotopic (exact) mass is 299 g/mol. The Hall–Kier alpha value is -2.47. The number of fused-ring (bicyclic) bond motifs is 1. The van der Waals surface area contributed by atoms with E-state index in [-0.39, 0.29) is 29.7 Å². The van der Waals surface area contributed by atoms with Crippen molar-refractivity contribution >= 4 is 11.6 Å². The molecular formula is C16H17N3O3. The first-order valence-electron chi connectivity index (χ1n) is 7.16. The van der Waals surface area contributed by atoms with Crippen molar-refractivity contribution in [2.24, 2.45) is 5.92 Å². The van der Waals surface area contributed by atoms with Crippen LogP contribution in [-0.4, -0.2) is 33.0 Å². The normalized spacial score (nSPS) is 20.5. The number of nitrogens with zero attached hydrogens (tertiary/aromatic N) is 2. The van der Waals surface area contributed by atoms with Crippen molar-refractivity contribution in [2.45, 2.75) is 19.4 Å². The molecule has 6 nitrogen and oxygen atoms in total. The third-order valence-corrected chi connectivity index (χ3v) is 3.82. The number of carbonyl (C=O) groups excluding carboxylic acids is 1. The molecule has 0 aliphatic heterocycles. The second kappa shape index (κ2) is 5.73. The lowest BCUT2D eigenvalue weighted by atomic mass is 10.1. The summed E-state index contributed by atoms with van der Waals surface area (Å²) in [4.78, 5) is 28.9. The van der Waals surface area contributed by atoms with Gasteiger partial charge in [0, 0.05) is 31.0 Å². The maximum Gasteiger partial charge on any atom is 0.270 e. The average molecular weight is 299 g/mol. The van der Waals surface area contributed by atoms with Crippen LogP contribution in [0, 0.1) is 12.8 Å². The lowest BCUT2D eigenvalue weighted by Gasteiger charge is -2.12. The zero-order valence-corrected chi connectivity index (χ0v) is 12.2. The largest absolute Gasteiger partial charge is 0.396 e. The first-order valence-corrected chi connectivity index (χ1v) is 7.16. The number of amides is 1. The number of aliphatic hydroxyl groups is 1. The van der Waals surface area contributed by atoms with Crippen LogP contribution in [0.25, 0.3) is 5.65 Å². The van der Waals surface area contributed by atoms with Crippen LogP contribution >= 0.6 is 0 Å². The Morgan fingerprint density at radius 1 is 1.45 bits per heavy atom. The summed E-state index contributed by atoms with van der Waals surface area (Å²) < 4.78 is 1.38. The summed E-state index contributed by atoms with van der Waals surface area (Å²) >= 11 is 0. The molecule has 6 heteroatoms. The number of nitrogens with one attached hydrogen (secondary N) is 1. The predicted octanol–water partition coefficient (Wildman–Crippen LogP) is 0.670. The number of rotatable bonds is 3. The van der Waals surface area contributed by atoms with Gasteiger partial charge in [-0.15, -0.1) is 0 Å². The highest BCUT2D eigenvalue weighted by Gasteiger charge is 2.22. The molecule has 0 radical (unpaired) electrons.